The topological polar surface area (TPSA) is 36.9 Å². The molecule has 4 nitrogen and oxygen atoms in total. The van der Waals surface area contributed by atoms with Gasteiger partial charge in [0.25, 0.3) is 0 Å². The van der Waals surface area contributed by atoms with E-state index in [2.05, 4.69) is 13.8 Å². The molecule has 0 amide bonds. The molecule has 5 heteroatoms. The van der Waals surface area contributed by atoms with Gasteiger partial charge < -0.3 is 18.0 Å². The zero-order chi connectivity index (χ0) is 11.7. The van der Waals surface area contributed by atoms with Crippen molar-refractivity contribution in [1.82, 2.24) is 0 Å². The Bertz CT molecular complexity index is 142. The van der Waals surface area contributed by atoms with Gasteiger partial charge >= 0.3 is 8.80 Å². The SMILES string of the molecule is CCCOC(C)CC[Si](OC)(OC)OC. The Balaban J connectivity index is 3.88. The van der Waals surface area contributed by atoms with E-state index in [-0.39, 0.29) is 6.10 Å². The minimum atomic E-state index is -2.40. The highest BCUT2D eigenvalue weighted by atomic mass is 28.4. The van der Waals surface area contributed by atoms with Crippen molar-refractivity contribution in [2.24, 2.45) is 0 Å². The quantitative estimate of drug-likeness (QED) is 0.574. The largest absolute Gasteiger partial charge is 0.500 e. The van der Waals surface area contributed by atoms with E-state index in [1.807, 2.05) is 0 Å². The summed E-state index contributed by atoms with van der Waals surface area (Å²) >= 11 is 0. The van der Waals surface area contributed by atoms with Crippen molar-refractivity contribution in [2.45, 2.75) is 38.8 Å². The van der Waals surface area contributed by atoms with Crippen molar-refractivity contribution in [3.8, 4) is 0 Å². The average Bonchev–Trinajstić information content (AvgIpc) is 2.29. The first-order chi connectivity index (χ1) is 7.14. The van der Waals surface area contributed by atoms with E-state index >= 15 is 0 Å². The Labute approximate surface area is 94.2 Å². The third-order valence-corrected chi connectivity index (χ3v) is 5.16. The zero-order valence-corrected chi connectivity index (χ0v) is 11.5. The monoisotopic (exact) mass is 236 g/mol. The summed E-state index contributed by atoms with van der Waals surface area (Å²) in [7, 11) is 2.51. The van der Waals surface area contributed by atoms with Gasteiger partial charge in [-0.25, -0.2) is 0 Å². The first-order valence-corrected chi connectivity index (χ1v) is 7.34. The van der Waals surface area contributed by atoms with Gasteiger partial charge in [0, 0.05) is 34.0 Å². The lowest BCUT2D eigenvalue weighted by molar-refractivity contribution is 0.0563. The molecule has 0 aliphatic heterocycles. The predicted molar refractivity (Wildman–Crippen MR) is 61.9 cm³/mol. The Morgan fingerprint density at radius 2 is 1.60 bits per heavy atom. The van der Waals surface area contributed by atoms with Gasteiger partial charge in [-0.1, -0.05) is 6.92 Å². The second-order valence-corrected chi connectivity index (χ2v) is 6.61. The summed E-state index contributed by atoms with van der Waals surface area (Å²) in [5.41, 5.74) is 0. The summed E-state index contributed by atoms with van der Waals surface area (Å²) in [5, 5.41) is 0. The number of ether oxygens (including phenoxy) is 1. The van der Waals surface area contributed by atoms with E-state index in [4.69, 9.17) is 18.0 Å². The van der Waals surface area contributed by atoms with Gasteiger partial charge in [-0.3, -0.25) is 0 Å². The van der Waals surface area contributed by atoms with Crippen LogP contribution in [-0.4, -0.2) is 42.8 Å². The molecule has 0 rings (SSSR count). The molecule has 0 saturated heterocycles. The molecular weight excluding hydrogens is 212 g/mol. The number of rotatable bonds is 9. The van der Waals surface area contributed by atoms with Crippen molar-refractivity contribution in [3.05, 3.63) is 0 Å². The average molecular weight is 236 g/mol. The summed E-state index contributed by atoms with van der Waals surface area (Å²) in [6.45, 7) is 4.98. The summed E-state index contributed by atoms with van der Waals surface area (Å²) in [4.78, 5) is 0. The highest BCUT2D eigenvalue weighted by molar-refractivity contribution is 6.60. The van der Waals surface area contributed by atoms with Gasteiger partial charge in [-0.05, 0) is 19.8 Å². The van der Waals surface area contributed by atoms with Crippen molar-refractivity contribution in [1.29, 1.82) is 0 Å². The maximum absolute atomic E-state index is 5.58. The lowest BCUT2D eigenvalue weighted by Gasteiger charge is -2.25. The third-order valence-electron chi connectivity index (χ3n) is 2.40. The summed E-state index contributed by atoms with van der Waals surface area (Å²) in [5.74, 6) is 0. The lowest BCUT2D eigenvalue weighted by Crippen LogP contribution is -2.43. The number of hydrogen-bond acceptors (Lipinski definition) is 4. The second-order valence-electron chi connectivity index (χ2n) is 3.52. The highest BCUT2D eigenvalue weighted by Gasteiger charge is 2.37. The molecule has 0 radical (unpaired) electrons. The van der Waals surface area contributed by atoms with Gasteiger partial charge in [0.2, 0.25) is 0 Å². The van der Waals surface area contributed by atoms with Crippen LogP contribution in [0.5, 0.6) is 0 Å². The van der Waals surface area contributed by atoms with Crippen molar-refractivity contribution in [2.75, 3.05) is 27.9 Å². The molecule has 1 unspecified atom stereocenters. The Hall–Kier alpha value is 0.0569. The molecule has 0 bridgehead atoms. The van der Waals surface area contributed by atoms with Gasteiger partial charge in [0.15, 0.2) is 0 Å². The van der Waals surface area contributed by atoms with Crippen LogP contribution in [0.2, 0.25) is 6.04 Å². The van der Waals surface area contributed by atoms with E-state index in [0.717, 1.165) is 25.5 Å². The molecule has 0 aromatic heterocycles. The van der Waals surface area contributed by atoms with Crippen LogP contribution in [0.3, 0.4) is 0 Å². The fraction of sp³-hybridized carbons (Fsp3) is 1.00. The molecule has 0 spiro atoms. The van der Waals surface area contributed by atoms with E-state index in [9.17, 15) is 0 Å². The van der Waals surface area contributed by atoms with E-state index < -0.39 is 8.80 Å². The van der Waals surface area contributed by atoms with E-state index in [0.29, 0.717) is 0 Å². The smallest absolute Gasteiger partial charge is 0.379 e. The zero-order valence-electron chi connectivity index (χ0n) is 10.5. The van der Waals surface area contributed by atoms with Crippen LogP contribution >= 0.6 is 0 Å². The minimum absolute atomic E-state index is 0.234. The molecule has 0 aromatic carbocycles. The van der Waals surface area contributed by atoms with Crippen LogP contribution in [0.25, 0.3) is 0 Å². The molecular formula is C10H24O4Si. The normalized spacial score (nSPS) is 14.2. The summed E-state index contributed by atoms with van der Waals surface area (Å²) < 4.78 is 21.6. The van der Waals surface area contributed by atoms with Crippen molar-refractivity contribution >= 4 is 8.80 Å². The Morgan fingerprint density at radius 3 is 2.00 bits per heavy atom. The molecule has 0 aliphatic carbocycles. The van der Waals surface area contributed by atoms with Crippen LogP contribution in [0.1, 0.15) is 26.7 Å². The fourth-order valence-corrected chi connectivity index (χ4v) is 3.21. The molecule has 15 heavy (non-hydrogen) atoms. The van der Waals surface area contributed by atoms with Gasteiger partial charge in [-0.2, -0.15) is 0 Å². The van der Waals surface area contributed by atoms with E-state index in [1.54, 1.807) is 21.3 Å². The maximum atomic E-state index is 5.58. The fourth-order valence-electron chi connectivity index (χ4n) is 1.34. The van der Waals surface area contributed by atoms with Crippen molar-refractivity contribution < 1.29 is 18.0 Å². The van der Waals surface area contributed by atoms with Gasteiger partial charge in [0.1, 0.15) is 0 Å². The van der Waals surface area contributed by atoms with Crippen LogP contribution in [0.15, 0.2) is 0 Å². The Morgan fingerprint density at radius 1 is 1.07 bits per heavy atom. The third kappa shape index (κ3) is 5.63. The van der Waals surface area contributed by atoms with E-state index in [1.165, 1.54) is 0 Å². The molecule has 0 aliphatic rings. The standard InChI is InChI=1S/C10H24O4Si/c1-6-8-14-10(2)7-9-15(11-3,12-4)13-5/h10H,6-9H2,1-5H3. The number of hydrogen-bond donors (Lipinski definition) is 0. The molecule has 0 aromatic rings. The van der Waals surface area contributed by atoms with Gasteiger partial charge in [-0.15, -0.1) is 0 Å². The molecule has 0 N–H and O–H groups in total. The van der Waals surface area contributed by atoms with Crippen LogP contribution < -0.4 is 0 Å². The molecule has 1 atom stereocenters. The molecule has 0 fully saturated rings. The van der Waals surface area contributed by atoms with Crippen LogP contribution in [0.4, 0.5) is 0 Å². The summed E-state index contributed by atoms with van der Waals surface area (Å²) in [6.07, 6.45) is 2.19. The van der Waals surface area contributed by atoms with Crippen LogP contribution in [0, 0.1) is 0 Å². The molecule has 0 heterocycles. The Kier molecular flexibility index (Phi) is 8.27. The second kappa shape index (κ2) is 8.24. The van der Waals surface area contributed by atoms with Crippen molar-refractivity contribution in [3.63, 3.8) is 0 Å². The van der Waals surface area contributed by atoms with Gasteiger partial charge in [0.05, 0.1) is 6.10 Å². The highest BCUT2D eigenvalue weighted by Crippen LogP contribution is 2.17. The minimum Gasteiger partial charge on any atom is -0.379 e. The molecule has 92 valence electrons. The predicted octanol–water partition coefficient (Wildman–Crippen LogP) is 2.07. The molecule has 0 saturated carbocycles. The van der Waals surface area contributed by atoms with Crippen LogP contribution in [-0.2, 0) is 18.0 Å². The lowest BCUT2D eigenvalue weighted by atomic mass is 10.3. The summed E-state index contributed by atoms with van der Waals surface area (Å²) in [6, 6.07) is 0.793. The first kappa shape index (κ1) is 15.1. The maximum Gasteiger partial charge on any atom is 0.500 e. The first-order valence-electron chi connectivity index (χ1n) is 5.41.